The summed E-state index contributed by atoms with van der Waals surface area (Å²) in [6, 6.07) is 10.1. The fraction of sp³-hybridized carbons (Fsp3) is 0.724. The minimum Gasteiger partial charge on any atom is -0.444 e. The molecular weight excluding hydrogens is 483 g/mol. The highest BCUT2D eigenvalue weighted by molar-refractivity contribution is 6.47. The SMILES string of the molecule is CC(C)(C)OC(=O)N1CCC[C@@H](OC(=O)NC(Cc2ccccc2)B2O[C@@H]3CC4CC(C4(C)C)[C@]3(C)O2)C1. The minimum absolute atomic E-state index is 0.0288. The quantitative estimate of drug-likeness (QED) is 0.544. The van der Waals surface area contributed by atoms with Crippen molar-refractivity contribution in [2.24, 2.45) is 17.3 Å². The molecule has 6 rings (SSSR count). The maximum atomic E-state index is 13.2. The third-order valence-corrected chi connectivity index (χ3v) is 9.20. The van der Waals surface area contributed by atoms with E-state index in [9.17, 15) is 9.59 Å². The topological polar surface area (TPSA) is 86.3 Å². The first-order valence-electron chi connectivity index (χ1n) is 14.2. The van der Waals surface area contributed by atoms with Gasteiger partial charge >= 0.3 is 19.3 Å². The van der Waals surface area contributed by atoms with E-state index in [1.54, 1.807) is 4.90 Å². The molecule has 38 heavy (non-hydrogen) atoms. The van der Waals surface area contributed by atoms with Gasteiger partial charge in [0.15, 0.2) is 0 Å². The number of hydrogen-bond donors (Lipinski definition) is 1. The Balaban J connectivity index is 1.24. The maximum Gasteiger partial charge on any atom is 0.482 e. The second-order valence-corrected chi connectivity index (χ2v) is 13.4. The summed E-state index contributed by atoms with van der Waals surface area (Å²) in [7, 11) is -0.558. The zero-order chi connectivity index (χ0) is 27.3. The van der Waals surface area contributed by atoms with E-state index in [4.69, 9.17) is 18.8 Å². The van der Waals surface area contributed by atoms with Gasteiger partial charge in [0.1, 0.15) is 11.7 Å². The zero-order valence-corrected chi connectivity index (χ0v) is 23.7. The van der Waals surface area contributed by atoms with Gasteiger partial charge in [-0.15, -0.1) is 0 Å². The van der Waals surface area contributed by atoms with Gasteiger partial charge < -0.3 is 29.0 Å². The lowest BCUT2D eigenvalue weighted by molar-refractivity contribution is -0.199. The minimum atomic E-state index is -0.572. The molecule has 3 unspecified atom stereocenters. The first-order valence-corrected chi connectivity index (χ1v) is 14.2. The van der Waals surface area contributed by atoms with Crippen molar-refractivity contribution in [3.05, 3.63) is 35.9 Å². The Morgan fingerprint density at radius 3 is 2.61 bits per heavy atom. The highest BCUT2D eigenvalue weighted by atomic mass is 16.7. The molecule has 3 aliphatic carbocycles. The van der Waals surface area contributed by atoms with E-state index >= 15 is 0 Å². The molecule has 8 nitrogen and oxygen atoms in total. The third-order valence-electron chi connectivity index (χ3n) is 9.20. The lowest BCUT2D eigenvalue weighted by Gasteiger charge is -2.64. The van der Waals surface area contributed by atoms with E-state index in [0.29, 0.717) is 37.8 Å². The number of hydrogen-bond acceptors (Lipinski definition) is 6. The Kier molecular flexibility index (Phi) is 7.22. The highest BCUT2D eigenvalue weighted by Crippen LogP contribution is 2.65. The van der Waals surface area contributed by atoms with Crippen LogP contribution in [0.15, 0.2) is 30.3 Å². The van der Waals surface area contributed by atoms with E-state index in [1.807, 2.05) is 51.1 Å². The summed E-state index contributed by atoms with van der Waals surface area (Å²) in [5.41, 5.74) is 0.396. The highest BCUT2D eigenvalue weighted by Gasteiger charge is 2.68. The molecule has 2 bridgehead atoms. The summed E-state index contributed by atoms with van der Waals surface area (Å²) in [4.78, 5) is 27.3. The van der Waals surface area contributed by atoms with Crippen molar-refractivity contribution in [2.45, 2.75) is 103 Å². The van der Waals surface area contributed by atoms with Crippen molar-refractivity contribution in [3.63, 3.8) is 0 Å². The summed E-state index contributed by atoms with van der Waals surface area (Å²) >= 11 is 0. The number of carbonyl (C=O) groups excluding carboxylic acids is 2. The molecule has 1 N–H and O–H groups in total. The first kappa shape index (κ1) is 27.3. The number of likely N-dealkylation sites (tertiary alicyclic amines) is 1. The van der Waals surface area contributed by atoms with E-state index in [2.05, 4.69) is 26.1 Å². The Hall–Kier alpha value is -2.26. The summed E-state index contributed by atoms with van der Waals surface area (Å²) in [6.07, 6.45) is 2.91. The summed E-state index contributed by atoms with van der Waals surface area (Å²) in [6.45, 7) is 13.3. The van der Waals surface area contributed by atoms with Crippen molar-refractivity contribution in [1.29, 1.82) is 0 Å². The molecule has 5 fully saturated rings. The number of benzene rings is 1. The van der Waals surface area contributed by atoms with Crippen LogP contribution in [0.1, 0.15) is 72.8 Å². The summed E-state index contributed by atoms with van der Waals surface area (Å²) in [5.74, 6) is 0.685. The van der Waals surface area contributed by atoms with Crippen LogP contribution in [0.5, 0.6) is 0 Å². The molecule has 0 radical (unpaired) electrons. The standard InChI is InChI=1S/C29H43BN2O6/c1-27(2,3)36-26(34)32-14-10-13-21(18-32)35-25(33)31-24(15-19-11-8-7-9-12-19)30-37-23-17-20-16-22(28(20,4)5)29(23,6)38-30/h7-9,11-12,20-24H,10,13-18H2,1-6H3,(H,31,33)/t20?,21-,22?,23-,24?,29+/m1/s1. The van der Waals surface area contributed by atoms with Crippen molar-refractivity contribution in [1.82, 2.24) is 10.2 Å². The largest absolute Gasteiger partial charge is 0.482 e. The van der Waals surface area contributed by atoms with Gasteiger partial charge in [0, 0.05) is 6.54 Å². The fourth-order valence-electron chi connectivity index (χ4n) is 7.02. The van der Waals surface area contributed by atoms with Gasteiger partial charge in [-0.25, -0.2) is 9.59 Å². The average molecular weight is 526 g/mol. The average Bonchev–Trinajstić information content (AvgIpc) is 3.20. The van der Waals surface area contributed by atoms with E-state index in [-0.39, 0.29) is 23.2 Å². The van der Waals surface area contributed by atoms with Gasteiger partial charge in [-0.2, -0.15) is 0 Å². The number of piperidine rings is 1. The third kappa shape index (κ3) is 5.41. The molecular formula is C29H43BN2O6. The molecule has 9 heteroatoms. The summed E-state index contributed by atoms with van der Waals surface area (Å²) in [5, 5.41) is 3.07. The molecule has 6 atom stereocenters. The maximum absolute atomic E-state index is 13.2. The fourth-order valence-corrected chi connectivity index (χ4v) is 7.02. The van der Waals surface area contributed by atoms with Crippen molar-refractivity contribution in [3.8, 4) is 0 Å². The van der Waals surface area contributed by atoms with Crippen LogP contribution in [0, 0.1) is 17.3 Å². The number of ether oxygens (including phenoxy) is 2. The van der Waals surface area contributed by atoms with Gasteiger partial charge in [0.2, 0.25) is 0 Å². The lowest BCUT2D eigenvalue weighted by Crippen LogP contribution is -2.65. The number of alkyl carbamates (subject to hydrolysis) is 1. The molecule has 3 saturated carbocycles. The van der Waals surface area contributed by atoms with Gasteiger partial charge in [0.05, 0.1) is 24.2 Å². The monoisotopic (exact) mass is 526 g/mol. The number of carbonyl (C=O) groups is 2. The summed E-state index contributed by atoms with van der Waals surface area (Å²) < 4.78 is 24.6. The number of rotatable bonds is 5. The molecule has 5 aliphatic rings. The Morgan fingerprint density at radius 1 is 1.18 bits per heavy atom. The van der Waals surface area contributed by atoms with E-state index in [1.165, 1.54) is 6.42 Å². The van der Waals surface area contributed by atoms with Crippen LogP contribution in [0.3, 0.4) is 0 Å². The smallest absolute Gasteiger partial charge is 0.444 e. The number of nitrogens with zero attached hydrogens (tertiary/aromatic N) is 1. The Bertz CT molecular complexity index is 1030. The molecule has 0 aromatic heterocycles. The van der Waals surface area contributed by atoms with Crippen LogP contribution in [-0.2, 0) is 25.2 Å². The van der Waals surface area contributed by atoms with Crippen LogP contribution in [0.2, 0.25) is 0 Å². The zero-order valence-electron chi connectivity index (χ0n) is 23.7. The molecule has 1 aromatic rings. The van der Waals surface area contributed by atoms with Crippen molar-refractivity contribution >= 4 is 19.3 Å². The first-order chi connectivity index (χ1) is 17.8. The molecule has 2 aliphatic heterocycles. The molecule has 1 aromatic carbocycles. The van der Waals surface area contributed by atoms with E-state index in [0.717, 1.165) is 18.4 Å². The van der Waals surface area contributed by atoms with Crippen LogP contribution in [-0.4, -0.2) is 66.6 Å². The molecule has 2 heterocycles. The normalized spacial score (nSPS) is 32.6. The van der Waals surface area contributed by atoms with Gasteiger partial charge in [-0.3, -0.25) is 0 Å². The van der Waals surface area contributed by atoms with Crippen molar-refractivity contribution < 1.29 is 28.4 Å². The molecule has 208 valence electrons. The molecule has 2 amide bonds. The lowest BCUT2D eigenvalue weighted by atomic mass is 9.43. The van der Waals surface area contributed by atoms with Crippen LogP contribution in [0.25, 0.3) is 0 Å². The molecule has 0 spiro atoms. The second kappa shape index (κ2) is 10.0. The predicted octanol–water partition coefficient (Wildman–Crippen LogP) is 4.99. The Morgan fingerprint density at radius 2 is 1.92 bits per heavy atom. The Labute approximate surface area is 227 Å². The number of nitrogens with one attached hydrogen (secondary N) is 1. The number of amides is 2. The van der Waals surface area contributed by atoms with Crippen molar-refractivity contribution in [2.75, 3.05) is 13.1 Å². The van der Waals surface area contributed by atoms with Gasteiger partial charge in [-0.1, -0.05) is 44.2 Å². The van der Waals surface area contributed by atoms with Crippen LogP contribution >= 0.6 is 0 Å². The predicted molar refractivity (Wildman–Crippen MR) is 144 cm³/mol. The van der Waals surface area contributed by atoms with Crippen LogP contribution < -0.4 is 5.32 Å². The van der Waals surface area contributed by atoms with Gasteiger partial charge in [0.25, 0.3) is 0 Å². The second-order valence-electron chi connectivity index (χ2n) is 13.4. The van der Waals surface area contributed by atoms with Crippen LogP contribution in [0.4, 0.5) is 9.59 Å². The molecule has 2 saturated heterocycles. The van der Waals surface area contributed by atoms with Gasteiger partial charge in [-0.05, 0) is 82.6 Å². The van der Waals surface area contributed by atoms with E-state index < -0.39 is 30.9 Å².